The highest BCUT2D eigenvalue weighted by Gasteiger charge is 2.15. The Balaban J connectivity index is 1.32. The summed E-state index contributed by atoms with van der Waals surface area (Å²) in [6, 6.07) is 11.9. The quantitative estimate of drug-likeness (QED) is 0.673. The van der Waals surface area contributed by atoms with Crippen LogP contribution in [0.2, 0.25) is 0 Å². The lowest BCUT2D eigenvalue weighted by molar-refractivity contribution is -0.116. The van der Waals surface area contributed by atoms with Crippen molar-refractivity contribution >= 4 is 17.3 Å². The van der Waals surface area contributed by atoms with E-state index in [4.69, 9.17) is 4.52 Å². The summed E-state index contributed by atoms with van der Waals surface area (Å²) < 4.78 is 18.2. The molecule has 0 bridgehead atoms. The third-order valence-corrected chi connectivity index (χ3v) is 5.06. The number of carbonyl (C=O) groups is 1. The van der Waals surface area contributed by atoms with E-state index in [2.05, 4.69) is 33.3 Å². The lowest BCUT2D eigenvalue weighted by Gasteiger charge is -2.20. The maximum atomic E-state index is 13.0. The van der Waals surface area contributed by atoms with E-state index in [1.54, 1.807) is 12.1 Å². The summed E-state index contributed by atoms with van der Waals surface area (Å²) in [5.41, 5.74) is 3.85. The van der Waals surface area contributed by atoms with Crippen LogP contribution in [0, 0.1) is 12.7 Å². The minimum atomic E-state index is -0.321. The van der Waals surface area contributed by atoms with Gasteiger partial charge in [0, 0.05) is 42.9 Å². The number of halogens is 1. The molecule has 1 aliphatic heterocycles. The van der Waals surface area contributed by atoms with Gasteiger partial charge in [0.25, 0.3) is 0 Å². The number of benzene rings is 2. The van der Waals surface area contributed by atoms with Gasteiger partial charge in [0.15, 0.2) is 0 Å². The summed E-state index contributed by atoms with van der Waals surface area (Å²) in [4.78, 5) is 19.0. The molecule has 7 heteroatoms. The van der Waals surface area contributed by atoms with Gasteiger partial charge in [-0.2, -0.15) is 4.98 Å². The molecule has 1 aliphatic rings. The minimum Gasteiger partial charge on any atom is -0.371 e. The highest BCUT2D eigenvalue weighted by molar-refractivity contribution is 5.91. The number of aryl methyl sites for hydroxylation is 2. The maximum Gasteiger partial charge on any atom is 0.227 e. The zero-order valence-corrected chi connectivity index (χ0v) is 16.3. The van der Waals surface area contributed by atoms with Gasteiger partial charge in [-0.3, -0.25) is 4.79 Å². The standard InChI is InChI=1S/C22H23FN4O2/c1-15-14-18(8-9-19(15)27-12-2-3-13-27)24-20(28)10-11-21-25-22(26-29-21)16-4-6-17(23)7-5-16/h4-9,14H,2-3,10-13H2,1H3,(H,24,28). The summed E-state index contributed by atoms with van der Waals surface area (Å²) in [7, 11) is 0. The Bertz CT molecular complexity index is 994. The first-order chi connectivity index (χ1) is 14.1. The fraction of sp³-hybridized carbons (Fsp3) is 0.318. The molecular formula is C22H23FN4O2. The predicted octanol–water partition coefficient (Wildman–Crippen LogP) is 4.36. The molecule has 1 N–H and O–H groups in total. The van der Waals surface area contributed by atoms with Crippen LogP contribution in [0.5, 0.6) is 0 Å². The van der Waals surface area contributed by atoms with Crippen LogP contribution in [-0.2, 0) is 11.2 Å². The molecule has 0 unspecified atom stereocenters. The number of carbonyl (C=O) groups excluding carboxylic acids is 1. The summed E-state index contributed by atoms with van der Waals surface area (Å²) in [6.45, 7) is 4.26. The molecule has 1 amide bonds. The van der Waals surface area contributed by atoms with Crippen molar-refractivity contribution in [3.8, 4) is 11.4 Å². The molecule has 4 rings (SSSR count). The van der Waals surface area contributed by atoms with Gasteiger partial charge in [-0.1, -0.05) is 5.16 Å². The molecule has 1 saturated heterocycles. The number of anilines is 2. The van der Waals surface area contributed by atoms with Crippen molar-refractivity contribution in [1.29, 1.82) is 0 Å². The molecule has 0 radical (unpaired) electrons. The highest BCUT2D eigenvalue weighted by Crippen LogP contribution is 2.26. The van der Waals surface area contributed by atoms with Gasteiger partial charge in [-0.05, 0) is 67.8 Å². The zero-order valence-electron chi connectivity index (χ0n) is 16.3. The van der Waals surface area contributed by atoms with Crippen molar-refractivity contribution in [2.24, 2.45) is 0 Å². The largest absolute Gasteiger partial charge is 0.371 e. The highest BCUT2D eigenvalue weighted by atomic mass is 19.1. The minimum absolute atomic E-state index is 0.111. The monoisotopic (exact) mass is 394 g/mol. The van der Waals surface area contributed by atoms with Gasteiger partial charge in [0.05, 0.1) is 0 Å². The number of rotatable bonds is 6. The third-order valence-electron chi connectivity index (χ3n) is 5.06. The number of nitrogens with zero attached hydrogens (tertiary/aromatic N) is 3. The molecule has 0 spiro atoms. The van der Waals surface area contributed by atoms with Crippen LogP contribution in [0.1, 0.15) is 30.7 Å². The summed E-state index contributed by atoms with van der Waals surface area (Å²) >= 11 is 0. The third kappa shape index (κ3) is 4.62. The van der Waals surface area contributed by atoms with Crippen molar-refractivity contribution in [3.05, 3.63) is 59.7 Å². The van der Waals surface area contributed by atoms with Gasteiger partial charge in [0.1, 0.15) is 5.82 Å². The zero-order chi connectivity index (χ0) is 20.2. The SMILES string of the molecule is Cc1cc(NC(=O)CCc2nc(-c3ccc(F)cc3)no2)ccc1N1CCCC1. The summed E-state index contributed by atoms with van der Waals surface area (Å²) in [5.74, 6) is 0.325. The molecule has 0 saturated carbocycles. The van der Waals surface area contributed by atoms with E-state index in [9.17, 15) is 9.18 Å². The molecule has 6 nitrogen and oxygen atoms in total. The molecule has 1 aromatic heterocycles. The fourth-order valence-corrected chi connectivity index (χ4v) is 3.56. The fourth-order valence-electron chi connectivity index (χ4n) is 3.56. The predicted molar refractivity (Wildman–Crippen MR) is 109 cm³/mol. The van der Waals surface area contributed by atoms with Gasteiger partial charge in [-0.25, -0.2) is 4.39 Å². The molecular weight excluding hydrogens is 371 g/mol. The Labute approximate surface area is 168 Å². The van der Waals surface area contributed by atoms with E-state index in [0.717, 1.165) is 24.3 Å². The van der Waals surface area contributed by atoms with Gasteiger partial charge in [-0.15, -0.1) is 0 Å². The second-order valence-electron chi connectivity index (χ2n) is 7.26. The Kier molecular flexibility index (Phi) is 5.55. The lowest BCUT2D eigenvalue weighted by atomic mass is 10.1. The Morgan fingerprint density at radius 3 is 2.66 bits per heavy atom. The van der Waals surface area contributed by atoms with Gasteiger partial charge in [0.2, 0.25) is 17.6 Å². The average molecular weight is 394 g/mol. The van der Waals surface area contributed by atoms with E-state index in [-0.39, 0.29) is 18.1 Å². The number of hydrogen-bond acceptors (Lipinski definition) is 5. The van der Waals surface area contributed by atoms with Crippen LogP contribution in [0.3, 0.4) is 0 Å². The van der Waals surface area contributed by atoms with E-state index < -0.39 is 0 Å². The Morgan fingerprint density at radius 1 is 1.17 bits per heavy atom. The lowest BCUT2D eigenvalue weighted by Crippen LogP contribution is -2.19. The molecule has 29 heavy (non-hydrogen) atoms. The molecule has 2 aromatic carbocycles. The number of hydrogen-bond donors (Lipinski definition) is 1. The Morgan fingerprint density at radius 2 is 1.93 bits per heavy atom. The molecule has 3 aromatic rings. The molecule has 0 aliphatic carbocycles. The first-order valence-electron chi connectivity index (χ1n) is 9.82. The van der Waals surface area contributed by atoms with Crippen molar-refractivity contribution in [2.75, 3.05) is 23.3 Å². The van der Waals surface area contributed by atoms with Crippen LogP contribution in [0.25, 0.3) is 11.4 Å². The number of aromatic nitrogens is 2. The van der Waals surface area contributed by atoms with E-state index in [1.165, 1.54) is 30.7 Å². The van der Waals surface area contributed by atoms with E-state index in [1.807, 2.05) is 12.1 Å². The Hall–Kier alpha value is -3.22. The van der Waals surface area contributed by atoms with Crippen LogP contribution in [-0.4, -0.2) is 29.1 Å². The second-order valence-corrected chi connectivity index (χ2v) is 7.26. The normalized spacial score (nSPS) is 13.7. The van der Waals surface area contributed by atoms with E-state index in [0.29, 0.717) is 23.7 Å². The first-order valence-corrected chi connectivity index (χ1v) is 9.82. The van der Waals surface area contributed by atoms with Crippen molar-refractivity contribution in [1.82, 2.24) is 10.1 Å². The van der Waals surface area contributed by atoms with Crippen molar-refractivity contribution < 1.29 is 13.7 Å². The van der Waals surface area contributed by atoms with Crippen molar-refractivity contribution in [3.63, 3.8) is 0 Å². The second kappa shape index (κ2) is 8.43. The number of nitrogens with one attached hydrogen (secondary N) is 1. The van der Waals surface area contributed by atoms with Crippen LogP contribution in [0.4, 0.5) is 15.8 Å². The van der Waals surface area contributed by atoms with Crippen LogP contribution < -0.4 is 10.2 Å². The maximum absolute atomic E-state index is 13.0. The van der Waals surface area contributed by atoms with Crippen LogP contribution >= 0.6 is 0 Å². The van der Waals surface area contributed by atoms with E-state index >= 15 is 0 Å². The van der Waals surface area contributed by atoms with Crippen LogP contribution in [0.15, 0.2) is 47.0 Å². The average Bonchev–Trinajstić information content (AvgIpc) is 3.39. The van der Waals surface area contributed by atoms with Gasteiger partial charge >= 0.3 is 0 Å². The number of amides is 1. The van der Waals surface area contributed by atoms with Crippen molar-refractivity contribution in [2.45, 2.75) is 32.6 Å². The topological polar surface area (TPSA) is 71.3 Å². The van der Waals surface area contributed by atoms with Gasteiger partial charge < -0.3 is 14.7 Å². The molecule has 2 heterocycles. The summed E-state index contributed by atoms with van der Waals surface area (Å²) in [6.07, 6.45) is 3.04. The smallest absolute Gasteiger partial charge is 0.227 e. The summed E-state index contributed by atoms with van der Waals surface area (Å²) in [5, 5.41) is 6.82. The first kappa shape index (κ1) is 19.1. The molecule has 0 atom stereocenters. The molecule has 150 valence electrons. The molecule has 1 fully saturated rings.